The largest absolute Gasteiger partial charge is 0.323 e. The number of amides is 1. The quantitative estimate of drug-likeness (QED) is 0.531. The van der Waals surface area contributed by atoms with E-state index in [0.717, 1.165) is 33.8 Å². The van der Waals surface area contributed by atoms with Gasteiger partial charge in [-0.3, -0.25) is 9.48 Å². The van der Waals surface area contributed by atoms with Gasteiger partial charge in [-0.1, -0.05) is 24.3 Å². The molecule has 0 saturated heterocycles. The summed E-state index contributed by atoms with van der Waals surface area (Å²) in [6.07, 6.45) is 7.59. The fourth-order valence-corrected chi connectivity index (χ4v) is 3.76. The zero-order valence-corrected chi connectivity index (χ0v) is 15.6. The molecule has 2 aromatic carbocycles. The lowest BCUT2D eigenvalue weighted by molar-refractivity contribution is -0.111. The molecule has 0 spiro atoms. The van der Waals surface area contributed by atoms with E-state index in [2.05, 4.69) is 21.5 Å². The van der Waals surface area contributed by atoms with E-state index >= 15 is 0 Å². The number of fused-ring (bicyclic) bond motifs is 1. The number of para-hydroxylation sites is 1. The molecule has 2 heterocycles. The molecule has 0 bridgehead atoms. The van der Waals surface area contributed by atoms with Crippen LogP contribution in [0, 0.1) is 0 Å². The predicted molar refractivity (Wildman–Crippen MR) is 110 cm³/mol. The van der Waals surface area contributed by atoms with Crippen LogP contribution >= 0.6 is 11.3 Å². The molecule has 1 amide bonds. The highest BCUT2D eigenvalue weighted by molar-refractivity contribution is 7.18. The number of carbonyl (C=O) groups is 1. The number of nitrogens with zero attached hydrogens (tertiary/aromatic N) is 3. The minimum Gasteiger partial charge on any atom is -0.323 e. The van der Waals surface area contributed by atoms with Gasteiger partial charge < -0.3 is 5.32 Å². The molecule has 0 aliphatic heterocycles. The van der Waals surface area contributed by atoms with E-state index in [1.807, 2.05) is 55.7 Å². The van der Waals surface area contributed by atoms with Crippen LogP contribution in [0.3, 0.4) is 0 Å². The first-order valence-electron chi connectivity index (χ1n) is 8.57. The van der Waals surface area contributed by atoms with Gasteiger partial charge >= 0.3 is 0 Å². The van der Waals surface area contributed by atoms with Crippen LogP contribution in [0.15, 0.2) is 67.0 Å². The normalized spacial score (nSPS) is 11.3. The number of thiazole rings is 1. The second-order valence-electron chi connectivity index (χ2n) is 6.22. The van der Waals surface area contributed by atoms with Crippen LogP contribution in [-0.4, -0.2) is 20.7 Å². The third kappa shape index (κ3) is 4.30. The Labute approximate surface area is 161 Å². The molecule has 2 aromatic heterocycles. The van der Waals surface area contributed by atoms with Crippen molar-refractivity contribution in [1.82, 2.24) is 14.8 Å². The summed E-state index contributed by atoms with van der Waals surface area (Å²) < 4.78 is 2.90. The zero-order valence-electron chi connectivity index (χ0n) is 14.8. The molecule has 27 heavy (non-hydrogen) atoms. The first-order valence-corrected chi connectivity index (χ1v) is 9.38. The van der Waals surface area contributed by atoms with Crippen molar-refractivity contribution in [2.75, 3.05) is 5.32 Å². The van der Waals surface area contributed by atoms with Gasteiger partial charge in [0.25, 0.3) is 0 Å². The smallest absolute Gasteiger partial charge is 0.248 e. The Kier molecular flexibility index (Phi) is 4.80. The Hall–Kier alpha value is -3.25. The highest BCUT2D eigenvalue weighted by atomic mass is 32.1. The molecule has 4 rings (SSSR count). The van der Waals surface area contributed by atoms with Gasteiger partial charge in [0.15, 0.2) is 0 Å². The highest BCUT2D eigenvalue weighted by Gasteiger charge is 2.05. The van der Waals surface area contributed by atoms with E-state index in [1.165, 1.54) is 10.8 Å². The van der Waals surface area contributed by atoms with E-state index in [9.17, 15) is 4.79 Å². The molecule has 1 N–H and O–H groups in total. The van der Waals surface area contributed by atoms with E-state index < -0.39 is 0 Å². The number of rotatable bonds is 5. The topological polar surface area (TPSA) is 59.8 Å². The molecular formula is C21H18N4OS. The van der Waals surface area contributed by atoms with E-state index in [-0.39, 0.29) is 5.91 Å². The summed E-state index contributed by atoms with van der Waals surface area (Å²) in [6, 6.07) is 16.0. The van der Waals surface area contributed by atoms with Crippen molar-refractivity contribution in [3.8, 4) is 0 Å². The number of hydrogen-bond donors (Lipinski definition) is 1. The number of benzene rings is 2. The average molecular weight is 374 g/mol. The van der Waals surface area contributed by atoms with Gasteiger partial charge in [-0.15, -0.1) is 11.3 Å². The van der Waals surface area contributed by atoms with Crippen LogP contribution in [-0.2, 0) is 18.3 Å². The minimum absolute atomic E-state index is 0.169. The monoisotopic (exact) mass is 374 g/mol. The van der Waals surface area contributed by atoms with Crippen LogP contribution < -0.4 is 5.32 Å². The Morgan fingerprint density at radius 2 is 2.00 bits per heavy atom. The summed E-state index contributed by atoms with van der Waals surface area (Å²) in [5, 5.41) is 8.02. The van der Waals surface area contributed by atoms with Crippen LogP contribution in [0.2, 0.25) is 0 Å². The molecule has 0 radical (unpaired) electrons. The number of carbonyl (C=O) groups excluding carboxylic acids is 1. The van der Waals surface area contributed by atoms with Crippen molar-refractivity contribution in [2.24, 2.45) is 7.05 Å². The molecule has 0 unspecified atom stereocenters. The molecular weight excluding hydrogens is 356 g/mol. The lowest BCUT2D eigenvalue weighted by Gasteiger charge is -2.03. The highest BCUT2D eigenvalue weighted by Crippen LogP contribution is 2.24. The SMILES string of the molecule is Cn1cc(/C=C/C(=O)Nc2ccc(Cc3nc4ccccc4s3)cc2)cn1. The van der Waals surface area contributed by atoms with Crippen molar-refractivity contribution < 1.29 is 4.79 Å². The molecule has 0 saturated carbocycles. The van der Waals surface area contributed by atoms with E-state index in [1.54, 1.807) is 28.3 Å². The van der Waals surface area contributed by atoms with E-state index in [4.69, 9.17) is 0 Å². The molecule has 4 aromatic rings. The van der Waals surface area contributed by atoms with Crippen molar-refractivity contribution >= 4 is 39.2 Å². The Morgan fingerprint density at radius 3 is 2.74 bits per heavy atom. The second kappa shape index (κ2) is 7.55. The molecule has 6 heteroatoms. The van der Waals surface area contributed by atoms with Crippen LogP contribution in [0.1, 0.15) is 16.1 Å². The van der Waals surface area contributed by atoms with Crippen molar-refractivity contribution in [3.63, 3.8) is 0 Å². The molecule has 0 atom stereocenters. The summed E-state index contributed by atoms with van der Waals surface area (Å²) in [5.74, 6) is -0.169. The standard InChI is InChI=1S/C21H18N4OS/c1-25-14-16(13-22-25)8-11-20(26)23-17-9-6-15(7-10-17)12-21-24-18-4-2-3-5-19(18)27-21/h2-11,13-14H,12H2,1H3,(H,23,26)/b11-8+. The van der Waals surface area contributed by atoms with Gasteiger partial charge in [0.1, 0.15) is 0 Å². The molecule has 0 aliphatic carbocycles. The number of aryl methyl sites for hydroxylation is 1. The summed E-state index contributed by atoms with van der Waals surface area (Å²) in [5.41, 5.74) is 3.86. The van der Waals surface area contributed by atoms with Crippen LogP contribution in [0.5, 0.6) is 0 Å². The van der Waals surface area contributed by atoms with Crippen LogP contribution in [0.25, 0.3) is 16.3 Å². The Bertz CT molecular complexity index is 1080. The molecule has 0 aliphatic rings. The van der Waals surface area contributed by atoms with Gasteiger partial charge in [-0.05, 0) is 35.9 Å². The number of nitrogens with one attached hydrogen (secondary N) is 1. The second-order valence-corrected chi connectivity index (χ2v) is 7.33. The fourth-order valence-electron chi connectivity index (χ4n) is 2.76. The Morgan fingerprint density at radius 1 is 1.19 bits per heavy atom. The fraction of sp³-hybridized carbons (Fsp3) is 0.0952. The average Bonchev–Trinajstić information content (AvgIpc) is 3.27. The number of aromatic nitrogens is 3. The summed E-state index contributed by atoms with van der Waals surface area (Å²) in [4.78, 5) is 16.7. The van der Waals surface area contributed by atoms with Gasteiger partial charge in [0, 0.05) is 37.0 Å². The van der Waals surface area contributed by atoms with E-state index in [0.29, 0.717) is 0 Å². The number of anilines is 1. The lowest BCUT2D eigenvalue weighted by Crippen LogP contribution is -2.07. The van der Waals surface area contributed by atoms with Gasteiger partial charge in [0.2, 0.25) is 5.91 Å². The molecule has 0 fully saturated rings. The van der Waals surface area contributed by atoms with Crippen LogP contribution in [0.4, 0.5) is 5.69 Å². The molecule has 5 nitrogen and oxygen atoms in total. The van der Waals surface area contributed by atoms with Crippen molar-refractivity contribution in [1.29, 1.82) is 0 Å². The third-order valence-corrected chi connectivity index (χ3v) is 5.10. The molecule has 134 valence electrons. The Balaban J connectivity index is 1.38. The maximum Gasteiger partial charge on any atom is 0.248 e. The lowest BCUT2D eigenvalue weighted by atomic mass is 10.1. The number of hydrogen-bond acceptors (Lipinski definition) is 4. The van der Waals surface area contributed by atoms with Gasteiger partial charge in [-0.25, -0.2) is 4.98 Å². The zero-order chi connectivity index (χ0) is 18.6. The first kappa shape index (κ1) is 17.2. The minimum atomic E-state index is -0.169. The van der Waals surface area contributed by atoms with Crippen molar-refractivity contribution in [2.45, 2.75) is 6.42 Å². The predicted octanol–water partition coefficient (Wildman–Crippen LogP) is 4.27. The summed E-state index contributed by atoms with van der Waals surface area (Å²) in [7, 11) is 1.84. The maximum atomic E-state index is 12.0. The summed E-state index contributed by atoms with van der Waals surface area (Å²) >= 11 is 1.72. The maximum absolute atomic E-state index is 12.0. The van der Waals surface area contributed by atoms with Gasteiger partial charge in [0.05, 0.1) is 21.4 Å². The third-order valence-electron chi connectivity index (χ3n) is 4.07. The van der Waals surface area contributed by atoms with Crippen molar-refractivity contribution in [3.05, 3.63) is 83.1 Å². The summed E-state index contributed by atoms with van der Waals surface area (Å²) in [6.45, 7) is 0. The van der Waals surface area contributed by atoms with Gasteiger partial charge in [-0.2, -0.15) is 5.10 Å². The first-order chi connectivity index (χ1) is 13.2.